The maximum Gasteiger partial charge on any atom is 0.309 e. The second-order valence-electron chi connectivity index (χ2n) is 4.77. The van der Waals surface area contributed by atoms with Gasteiger partial charge in [-0.2, -0.15) is 0 Å². The Bertz CT molecular complexity index is 217. The van der Waals surface area contributed by atoms with E-state index in [1.807, 2.05) is 0 Å². The maximum atomic E-state index is 10.6. The van der Waals surface area contributed by atoms with E-state index in [1.54, 1.807) is 0 Å². The summed E-state index contributed by atoms with van der Waals surface area (Å²) in [7, 11) is 0. The van der Waals surface area contributed by atoms with Gasteiger partial charge in [0.2, 0.25) is 0 Å². The van der Waals surface area contributed by atoms with Crippen LogP contribution in [0.1, 0.15) is 32.6 Å². The smallest absolute Gasteiger partial charge is 0.309 e. The molecule has 1 saturated heterocycles. The molecule has 2 fully saturated rings. The molecule has 2 aliphatic rings. The molecular weight excluding hydrogens is 178 g/mol. The Hall–Kier alpha value is -0.570. The van der Waals surface area contributed by atoms with Gasteiger partial charge < -0.3 is 5.11 Å². The Morgan fingerprint density at radius 2 is 1.93 bits per heavy atom. The van der Waals surface area contributed by atoms with E-state index in [1.165, 1.54) is 25.7 Å². The highest BCUT2D eigenvalue weighted by molar-refractivity contribution is 5.71. The van der Waals surface area contributed by atoms with Gasteiger partial charge in [-0.25, -0.2) is 0 Å². The summed E-state index contributed by atoms with van der Waals surface area (Å²) in [5, 5.41) is 8.77. The fraction of sp³-hybridized carbons (Fsp3) is 0.909. The minimum atomic E-state index is -0.625. The van der Waals surface area contributed by atoms with Crippen molar-refractivity contribution in [2.45, 2.75) is 38.6 Å². The van der Waals surface area contributed by atoms with Crippen LogP contribution in [0.4, 0.5) is 0 Å². The number of hydrogen-bond acceptors (Lipinski definition) is 2. The van der Waals surface area contributed by atoms with Crippen LogP contribution in [0.25, 0.3) is 0 Å². The molecule has 0 amide bonds. The summed E-state index contributed by atoms with van der Waals surface area (Å²) >= 11 is 0. The summed E-state index contributed by atoms with van der Waals surface area (Å²) in [6, 6.07) is 0.605. The molecular formula is C11H19NO2. The molecule has 0 aromatic carbocycles. The molecule has 0 spiro atoms. The number of aliphatic carboxylic acids is 1. The summed E-state index contributed by atoms with van der Waals surface area (Å²) in [5.74, 6) is 0.100. The normalized spacial score (nSPS) is 27.5. The number of carboxylic acids is 1. The molecule has 80 valence electrons. The average Bonchev–Trinajstić information content (AvgIpc) is 2.51. The molecule has 3 nitrogen and oxygen atoms in total. The minimum Gasteiger partial charge on any atom is -0.481 e. The summed E-state index contributed by atoms with van der Waals surface area (Å²) in [4.78, 5) is 13.0. The van der Waals surface area contributed by atoms with Gasteiger partial charge in [0.15, 0.2) is 0 Å². The molecule has 1 atom stereocenters. The molecule has 1 saturated carbocycles. The third-order valence-corrected chi connectivity index (χ3v) is 3.92. The van der Waals surface area contributed by atoms with E-state index in [4.69, 9.17) is 5.11 Å². The van der Waals surface area contributed by atoms with Crippen LogP contribution in [0.3, 0.4) is 0 Å². The molecule has 1 unspecified atom stereocenters. The van der Waals surface area contributed by atoms with E-state index in [0.29, 0.717) is 6.04 Å². The fourth-order valence-electron chi connectivity index (χ4n) is 2.74. The average molecular weight is 197 g/mol. The Morgan fingerprint density at radius 3 is 2.43 bits per heavy atom. The quantitative estimate of drug-likeness (QED) is 0.746. The molecule has 1 N–H and O–H groups in total. The van der Waals surface area contributed by atoms with Crippen LogP contribution in [0, 0.1) is 11.8 Å². The first-order valence-corrected chi connectivity index (χ1v) is 5.65. The van der Waals surface area contributed by atoms with Crippen molar-refractivity contribution in [3.8, 4) is 0 Å². The van der Waals surface area contributed by atoms with E-state index in [-0.39, 0.29) is 5.92 Å². The van der Waals surface area contributed by atoms with E-state index >= 15 is 0 Å². The first-order chi connectivity index (χ1) is 6.68. The third kappa shape index (κ3) is 1.78. The van der Waals surface area contributed by atoms with E-state index in [0.717, 1.165) is 19.0 Å². The molecule has 1 aliphatic carbocycles. The summed E-state index contributed by atoms with van der Waals surface area (Å²) in [5.41, 5.74) is 0. The largest absolute Gasteiger partial charge is 0.481 e. The predicted octanol–water partition coefficient (Wildman–Crippen LogP) is 1.58. The van der Waals surface area contributed by atoms with Crippen molar-refractivity contribution in [3.63, 3.8) is 0 Å². The van der Waals surface area contributed by atoms with E-state index in [2.05, 4.69) is 11.8 Å². The molecule has 0 radical (unpaired) electrons. The summed E-state index contributed by atoms with van der Waals surface area (Å²) < 4.78 is 0. The first kappa shape index (κ1) is 9.97. The van der Waals surface area contributed by atoms with Gasteiger partial charge in [0.05, 0.1) is 5.92 Å². The van der Waals surface area contributed by atoms with Gasteiger partial charge in [-0.1, -0.05) is 12.8 Å². The first-order valence-electron chi connectivity index (χ1n) is 5.65. The highest BCUT2D eigenvalue weighted by Crippen LogP contribution is 2.32. The topological polar surface area (TPSA) is 40.5 Å². The zero-order valence-electron chi connectivity index (χ0n) is 8.78. The molecule has 1 aliphatic heterocycles. The molecule has 0 aromatic rings. The second-order valence-corrected chi connectivity index (χ2v) is 4.77. The zero-order valence-corrected chi connectivity index (χ0v) is 8.78. The van der Waals surface area contributed by atoms with Gasteiger partial charge in [-0.3, -0.25) is 9.69 Å². The second kappa shape index (κ2) is 3.89. The van der Waals surface area contributed by atoms with Gasteiger partial charge >= 0.3 is 5.97 Å². The number of carbonyl (C=O) groups is 1. The number of carboxylic acid groups (broad SMARTS) is 1. The van der Waals surface area contributed by atoms with Crippen LogP contribution in [0.15, 0.2) is 0 Å². The molecule has 1 heterocycles. The molecule has 0 aromatic heterocycles. The van der Waals surface area contributed by atoms with Crippen molar-refractivity contribution < 1.29 is 9.90 Å². The number of nitrogens with zero attached hydrogens (tertiary/aromatic N) is 1. The van der Waals surface area contributed by atoms with Crippen LogP contribution in [-0.4, -0.2) is 35.1 Å². The lowest BCUT2D eigenvalue weighted by molar-refractivity contribution is -0.149. The predicted molar refractivity (Wildman–Crippen MR) is 54.1 cm³/mol. The van der Waals surface area contributed by atoms with Gasteiger partial charge in [0.1, 0.15) is 0 Å². The lowest BCUT2D eigenvalue weighted by Crippen LogP contribution is -2.55. The van der Waals surface area contributed by atoms with Crippen molar-refractivity contribution in [1.82, 2.24) is 4.90 Å². The van der Waals surface area contributed by atoms with Crippen molar-refractivity contribution in [1.29, 1.82) is 0 Å². The number of likely N-dealkylation sites (tertiary alicyclic amines) is 1. The van der Waals surface area contributed by atoms with Gasteiger partial charge in [-0.05, 0) is 25.7 Å². The van der Waals surface area contributed by atoms with Crippen LogP contribution >= 0.6 is 0 Å². The van der Waals surface area contributed by atoms with Crippen LogP contribution in [-0.2, 0) is 4.79 Å². The number of rotatable bonds is 3. The van der Waals surface area contributed by atoms with Crippen molar-refractivity contribution in [2.24, 2.45) is 11.8 Å². The van der Waals surface area contributed by atoms with E-state index < -0.39 is 5.97 Å². The number of hydrogen-bond donors (Lipinski definition) is 1. The monoisotopic (exact) mass is 197 g/mol. The van der Waals surface area contributed by atoms with Gasteiger partial charge in [0, 0.05) is 19.1 Å². The Morgan fingerprint density at radius 1 is 1.36 bits per heavy atom. The Balaban J connectivity index is 1.78. The minimum absolute atomic E-state index is 0.0983. The van der Waals surface area contributed by atoms with Gasteiger partial charge in [-0.15, -0.1) is 0 Å². The Labute approximate surface area is 85.1 Å². The summed E-state index contributed by atoms with van der Waals surface area (Å²) in [6.07, 6.45) is 5.42. The fourth-order valence-corrected chi connectivity index (χ4v) is 2.74. The molecule has 2 rings (SSSR count). The SMILES string of the molecule is CC(C1CCCC1)N1CC(C(=O)O)C1. The van der Waals surface area contributed by atoms with Crippen LogP contribution < -0.4 is 0 Å². The van der Waals surface area contributed by atoms with Crippen molar-refractivity contribution >= 4 is 5.97 Å². The standard InChI is InChI=1S/C11H19NO2/c1-8(9-4-2-3-5-9)12-6-10(7-12)11(13)14/h8-10H,2-7H2,1H3,(H,13,14). The lowest BCUT2D eigenvalue weighted by Gasteiger charge is -2.43. The highest BCUT2D eigenvalue weighted by Gasteiger charge is 2.38. The third-order valence-electron chi connectivity index (χ3n) is 3.92. The molecule has 0 bridgehead atoms. The maximum absolute atomic E-state index is 10.6. The Kier molecular flexibility index (Phi) is 2.77. The van der Waals surface area contributed by atoms with E-state index in [9.17, 15) is 4.79 Å². The van der Waals surface area contributed by atoms with Crippen LogP contribution in [0.5, 0.6) is 0 Å². The summed E-state index contributed by atoms with van der Waals surface area (Å²) in [6.45, 7) is 3.80. The molecule has 3 heteroatoms. The van der Waals surface area contributed by atoms with Gasteiger partial charge in [0.25, 0.3) is 0 Å². The highest BCUT2D eigenvalue weighted by atomic mass is 16.4. The van der Waals surface area contributed by atoms with Crippen molar-refractivity contribution in [2.75, 3.05) is 13.1 Å². The van der Waals surface area contributed by atoms with Crippen molar-refractivity contribution in [3.05, 3.63) is 0 Å². The zero-order chi connectivity index (χ0) is 10.1. The lowest BCUT2D eigenvalue weighted by atomic mass is 9.91. The molecule has 14 heavy (non-hydrogen) atoms. The van der Waals surface area contributed by atoms with Crippen LogP contribution in [0.2, 0.25) is 0 Å².